The van der Waals surface area contributed by atoms with Gasteiger partial charge < -0.3 is 0 Å². The number of ketones is 2. The molecular formula is C23H34N2O3. The van der Waals surface area contributed by atoms with Gasteiger partial charge in [-0.05, 0) is 44.1 Å². The molecule has 2 rings (SSSR count). The van der Waals surface area contributed by atoms with Crippen molar-refractivity contribution in [2.75, 3.05) is 6.54 Å². The van der Waals surface area contributed by atoms with Crippen molar-refractivity contribution in [2.24, 2.45) is 5.41 Å². The fourth-order valence-corrected chi connectivity index (χ4v) is 3.44. The van der Waals surface area contributed by atoms with Gasteiger partial charge >= 0.3 is 0 Å². The number of amides is 1. The smallest absolute Gasteiger partial charge is 0.237 e. The Hall–Kier alpha value is -2.01. The average molecular weight is 387 g/mol. The standard InChI is InChI=1S/C23H34N2O3/c1-4-23(2,3)22(28)21(27)19-15-11-17-24-25(19)20(26)16-10-6-9-14-18-12-7-5-8-13-18/h5,7-8,12-13,19,24H,4,6,9-11,14-17H2,1-3H3. The minimum atomic E-state index is -0.680. The quantitative estimate of drug-likeness (QED) is 0.490. The number of nitrogens with one attached hydrogen (secondary N) is 1. The van der Waals surface area contributed by atoms with E-state index < -0.39 is 17.2 Å². The fraction of sp³-hybridized carbons (Fsp3) is 0.609. The molecule has 1 aromatic rings. The first kappa shape index (κ1) is 22.3. The molecule has 1 aromatic carbocycles. The predicted octanol–water partition coefficient (Wildman–Crippen LogP) is 3.86. The Bertz CT molecular complexity index is 670. The minimum absolute atomic E-state index is 0.0835. The fourth-order valence-electron chi connectivity index (χ4n) is 3.44. The number of carbonyl (C=O) groups is 3. The lowest BCUT2D eigenvalue weighted by molar-refractivity contribution is -0.152. The highest BCUT2D eigenvalue weighted by Crippen LogP contribution is 2.25. The summed E-state index contributed by atoms with van der Waals surface area (Å²) in [6.07, 6.45) is 6.15. The third-order valence-electron chi connectivity index (χ3n) is 5.74. The van der Waals surface area contributed by atoms with Crippen LogP contribution in [0.5, 0.6) is 0 Å². The second-order valence-corrected chi connectivity index (χ2v) is 8.31. The molecule has 5 nitrogen and oxygen atoms in total. The summed E-state index contributed by atoms with van der Waals surface area (Å²) in [5, 5.41) is 1.44. The molecule has 1 aliphatic heterocycles. The SMILES string of the molecule is CCC(C)(C)C(=O)C(=O)C1CCCNN1C(=O)CCCCCc1ccccc1. The number of unbranched alkanes of at least 4 members (excludes halogenated alkanes) is 2. The van der Waals surface area contributed by atoms with Gasteiger partial charge in [-0.3, -0.25) is 19.4 Å². The predicted molar refractivity (Wildman–Crippen MR) is 111 cm³/mol. The maximum absolute atomic E-state index is 12.8. The number of hydrazine groups is 1. The van der Waals surface area contributed by atoms with Gasteiger partial charge in [0, 0.05) is 18.4 Å². The summed E-state index contributed by atoms with van der Waals surface area (Å²) in [4.78, 5) is 38.0. The van der Waals surface area contributed by atoms with Crippen LogP contribution in [-0.4, -0.2) is 35.1 Å². The van der Waals surface area contributed by atoms with Gasteiger partial charge in [-0.15, -0.1) is 0 Å². The molecule has 1 unspecified atom stereocenters. The molecule has 0 aromatic heterocycles. The van der Waals surface area contributed by atoms with Gasteiger partial charge in [-0.1, -0.05) is 57.5 Å². The minimum Gasteiger partial charge on any atom is -0.290 e. The number of rotatable bonds is 10. The Kier molecular flexibility index (Phi) is 8.36. The largest absolute Gasteiger partial charge is 0.290 e. The second-order valence-electron chi connectivity index (χ2n) is 8.31. The zero-order valence-electron chi connectivity index (χ0n) is 17.5. The van der Waals surface area contributed by atoms with E-state index in [1.165, 1.54) is 10.6 Å². The van der Waals surface area contributed by atoms with E-state index in [1.807, 2.05) is 25.1 Å². The highest BCUT2D eigenvalue weighted by molar-refractivity contribution is 6.41. The number of benzene rings is 1. The van der Waals surface area contributed by atoms with E-state index in [9.17, 15) is 14.4 Å². The van der Waals surface area contributed by atoms with Gasteiger partial charge in [0.2, 0.25) is 17.5 Å². The van der Waals surface area contributed by atoms with Crippen LogP contribution in [-0.2, 0) is 20.8 Å². The molecule has 1 saturated heterocycles. The van der Waals surface area contributed by atoms with Crippen LogP contribution in [0.3, 0.4) is 0 Å². The van der Waals surface area contributed by atoms with E-state index in [4.69, 9.17) is 0 Å². The van der Waals surface area contributed by atoms with Crippen molar-refractivity contribution in [2.45, 2.75) is 78.2 Å². The molecule has 28 heavy (non-hydrogen) atoms. The first-order valence-electron chi connectivity index (χ1n) is 10.5. The van der Waals surface area contributed by atoms with Crippen LogP contribution in [0.2, 0.25) is 0 Å². The molecule has 0 radical (unpaired) electrons. The molecule has 154 valence electrons. The van der Waals surface area contributed by atoms with Crippen LogP contribution in [0, 0.1) is 5.41 Å². The van der Waals surface area contributed by atoms with Crippen LogP contribution in [0.4, 0.5) is 0 Å². The van der Waals surface area contributed by atoms with Gasteiger partial charge in [0.15, 0.2) is 0 Å². The van der Waals surface area contributed by atoms with Crippen LogP contribution >= 0.6 is 0 Å². The van der Waals surface area contributed by atoms with Crippen molar-refractivity contribution >= 4 is 17.5 Å². The zero-order chi connectivity index (χ0) is 20.6. The van der Waals surface area contributed by atoms with E-state index in [1.54, 1.807) is 13.8 Å². The van der Waals surface area contributed by atoms with Crippen molar-refractivity contribution in [1.29, 1.82) is 0 Å². The van der Waals surface area contributed by atoms with Crippen LogP contribution < -0.4 is 5.43 Å². The Labute approximate surface area is 168 Å². The molecule has 1 N–H and O–H groups in total. The number of carbonyl (C=O) groups excluding carboxylic acids is 3. The lowest BCUT2D eigenvalue weighted by Crippen LogP contribution is -2.58. The molecule has 0 bridgehead atoms. The zero-order valence-corrected chi connectivity index (χ0v) is 17.5. The van der Waals surface area contributed by atoms with E-state index in [0.717, 1.165) is 32.1 Å². The summed E-state index contributed by atoms with van der Waals surface area (Å²) in [5.74, 6) is -0.888. The number of hydrogen-bond donors (Lipinski definition) is 1. The maximum atomic E-state index is 12.8. The Morgan fingerprint density at radius 1 is 1.11 bits per heavy atom. The van der Waals surface area contributed by atoms with Gasteiger partial charge in [0.1, 0.15) is 6.04 Å². The molecule has 0 aliphatic carbocycles. The van der Waals surface area contributed by atoms with E-state index >= 15 is 0 Å². The van der Waals surface area contributed by atoms with Gasteiger partial charge in [-0.25, -0.2) is 5.43 Å². The summed E-state index contributed by atoms with van der Waals surface area (Å²) in [5.41, 5.74) is 3.69. The highest BCUT2D eigenvalue weighted by atomic mass is 16.2. The lowest BCUT2D eigenvalue weighted by Gasteiger charge is -2.36. The Morgan fingerprint density at radius 2 is 1.82 bits per heavy atom. The molecule has 0 saturated carbocycles. The first-order chi connectivity index (χ1) is 13.4. The van der Waals surface area contributed by atoms with E-state index in [2.05, 4.69) is 17.6 Å². The van der Waals surface area contributed by atoms with Gasteiger partial charge in [-0.2, -0.15) is 0 Å². The number of nitrogens with zero attached hydrogens (tertiary/aromatic N) is 1. The molecule has 5 heteroatoms. The van der Waals surface area contributed by atoms with Crippen LogP contribution in [0.25, 0.3) is 0 Å². The van der Waals surface area contributed by atoms with Gasteiger partial charge in [0.05, 0.1) is 0 Å². The number of Topliss-reactive ketones (excluding diaryl/α,β-unsaturated/α-hetero) is 2. The molecule has 1 amide bonds. The molecular weight excluding hydrogens is 352 g/mol. The summed E-state index contributed by atoms with van der Waals surface area (Å²) in [6, 6.07) is 9.67. The molecule has 0 spiro atoms. The molecule has 1 aliphatic rings. The lowest BCUT2D eigenvalue weighted by atomic mass is 9.81. The van der Waals surface area contributed by atoms with Crippen LogP contribution in [0.15, 0.2) is 30.3 Å². The summed E-state index contributed by atoms with van der Waals surface area (Å²) >= 11 is 0. The molecule has 1 heterocycles. The molecule has 1 fully saturated rings. The second kappa shape index (κ2) is 10.5. The number of hydrogen-bond acceptors (Lipinski definition) is 4. The van der Waals surface area contributed by atoms with Gasteiger partial charge in [0.25, 0.3) is 0 Å². The van der Waals surface area contributed by atoms with Crippen molar-refractivity contribution in [3.63, 3.8) is 0 Å². The van der Waals surface area contributed by atoms with Crippen molar-refractivity contribution < 1.29 is 14.4 Å². The topological polar surface area (TPSA) is 66.5 Å². The van der Waals surface area contributed by atoms with Crippen LogP contribution in [0.1, 0.15) is 71.3 Å². The monoisotopic (exact) mass is 386 g/mol. The Morgan fingerprint density at radius 3 is 2.50 bits per heavy atom. The van der Waals surface area contributed by atoms with Crippen molar-refractivity contribution in [3.05, 3.63) is 35.9 Å². The van der Waals surface area contributed by atoms with E-state index in [-0.39, 0.29) is 11.7 Å². The average Bonchev–Trinajstić information content (AvgIpc) is 2.73. The van der Waals surface area contributed by atoms with Crippen molar-refractivity contribution in [3.8, 4) is 0 Å². The first-order valence-corrected chi connectivity index (χ1v) is 10.5. The summed E-state index contributed by atoms with van der Waals surface area (Å²) in [7, 11) is 0. The highest BCUT2D eigenvalue weighted by Gasteiger charge is 2.40. The summed E-state index contributed by atoms with van der Waals surface area (Å²) in [6.45, 7) is 6.16. The van der Waals surface area contributed by atoms with Crippen molar-refractivity contribution in [1.82, 2.24) is 10.4 Å². The normalized spacial score (nSPS) is 17.4. The molecule has 1 atom stereocenters. The third kappa shape index (κ3) is 5.99. The maximum Gasteiger partial charge on any atom is 0.237 e. The third-order valence-corrected chi connectivity index (χ3v) is 5.74. The summed E-state index contributed by atoms with van der Waals surface area (Å²) < 4.78 is 0. The number of aryl methyl sites for hydroxylation is 1. The van der Waals surface area contributed by atoms with E-state index in [0.29, 0.717) is 25.8 Å². The Balaban J connectivity index is 1.84.